The predicted molar refractivity (Wildman–Crippen MR) is 64.1 cm³/mol. The summed E-state index contributed by atoms with van der Waals surface area (Å²) in [6.45, 7) is 1.14. The molecule has 0 saturated carbocycles. The Morgan fingerprint density at radius 2 is 2.17 bits per heavy atom. The van der Waals surface area contributed by atoms with Crippen LogP contribution in [0.15, 0.2) is 29.4 Å². The minimum Gasteiger partial charge on any atom is -0.465 e. The van der Waals surface area contributed by atoms with E-state index >= 15 is 0 Å². The van der Waals surface area contributed by atoms with Crippen LogP contribution in [0.5, 0.6) is 0 Å². The van der Waals surface area contributed by atoms with Crippen LogP contribution in [0.4, 0.5) is 4.79 Å². The molecule has 6 nitrogen and oxygen atoms in total. The zero-order valence-corrected chi connectivity index (χ0v) is 9.69. The Morgan fingerprint density at radius 1 is 1.44 bits per heavy atom. The highest BCUT2D eigenvalue weighted by Gasteiger charge is 2.24. The maximum absolute atomic E-state index is 10.9. The zero-order chi connectivity index (χ0) is 13.0. The normalized spacial score (nSPS) is 20.2. The highest BCUT2D eigenvalue weighted by molar-refractivity contribution is 5.79. The predicted octanol–water partition coefficient (Wildman–Crippen LogP) is 1.55. The molecule has 1 aliphatic heterocycles. The lowest BCUT2D eigenvalue weighted by atomic mass is 10.1. The monoisotopic (exact) mass is 250 g/mol. The van der Waals surface area contributed by atoms with Crippen LogP contribution in [0.2, 0.25) is 0 Å². The van der Waals surface area contributed by atoms with Crippen molar-refractivity contribution in [3.63, 3.8) is 0 Å². The topological polar surface area (TPSA) is 82.4 Å². The van der Waals surface area contributed by atoms with Gasteiger partial charge < -0.3 is 20.0 Å². The molecule has 0 aromatic heterocycles. The third kappa shape index (κ3) is 2.78. The van der Waals surface area contributed by atoms with E-state index in [0.717, 1.165) is 11.1 Å². The van der Waals surface area contributed by atoms with E-state index in [1.807, 2.05) is 12.1 Å². The molecule has 96 valence electrons. The van der Waals surface area contributed by atoms with Crippen LogP contribution in [0.25, 0.3) is 0 Å². The van der Waals surface area contributed by atoms with E-state index in [9.17, 15) is 4.79 Å². The van der Waals surface area contributed by atoms with Crippen molar-refractivity contribution in [2.45, 2.75) is 6.10 Å². The van der Waals surface area contributed by atoms with Crippen molar-refractivity contribution in [1.29, 1.82) is 0 Å². The lowest BCUT2D eigenvalue weighted by Gasteiger charge is -2.31. The van der Waals surface area contributed by atoms with Gasteiger partial charge in [-0.2, -0.15) is 0 Å². The average Bonchev–Trinajstić information content (AvgIpc) is 2.40. The van der Waals surface area contributed by atoms with Gasteiger partial charge >= 0.3 is 6.09 Å². The summed E-state index contributed by atoms with van der Waals surface area (Å²) in [5.74, 6) is 0. The number of rotatable bonds is 2. The van der Waals surface area contributed by atoms with E-state index in [1.54, 1.807) is 12.1 Å². The van der Waals surface area contributed by atoms with Gasteiger partial charge in [-0.05, 0) is 11.1 Å². The van der Waals surface area contributed by atoms with Gasteiger partial charge in [0, 0.05) is 6.54 Å². The number of morpholine rings is 1. The molecule has 0 radical (unpaired) electrons. The standard InChI is InChI=1S/C12H14N2O4/c15-12(16)14-5-6-18-11(8-14)10-3-1-9(2-4-10)7-13-17/h1-4,7,11,17H,5-6,8H2,(H,15,16). The summed E-state index contributed by atoms with van der Waals surface area (Å²) < 4.78 is 5.56. The van der Waals surface area contributed by atoms with E-state index in [2.05, 4.69) is 5.16 Å². The second kappa shape index (κ2) is 5.50. The van der Waals surface area contributed by atoms with Crippen LogP contribution in [-0.4, -0.2) is 47.2 Å². The first-order valence-electron chi connectivity index (χ1n) is 5.57. The second-order valence-corrected chi connectivity index (χ2v) is 4.00. The van der Waals surface area contributed by atoms with Crippen LogP contribution in [-0.2, 0) is 4.74 Å². The quantitative estimate of drug-likeness (QED) is 0.474. The van der Waals surface area contributed by atoms with Crippen molar-refractivity contribution < 1.29 is 19.8 Å². The summed E-state index contributed by atoms with van der Waals surface area (Å²) >= 11 is 0. The minimum absolute atomic E-state index is 0.241. The van der Waals surface area contributed by atoms with Gasteiger partial charge in [-0.1, -0.05) is 29.4 Å². The van der Waals surface area contributed by atoms with Gasteiger partial charge in [0.2, 0.25) is 0 Å². The smallest absolute Gasteiger partial charge is 0.407 e. The van der Waals surface area contributed by atoms with E-state index < -0.39 is 6.09 Å². The molecule has 18 heavy (non-hydrogen) atoms. The third-order valence-electron chi connectivity index (χ3n) is 2.85. The lowest BCUT2D eigenvalue weighted by molar-refractivity contribution is -0.0232. The Kier molecular flexibility index (Phi) is 3.78. The lowest BCUT2D eigenvalue weighted by Crippen LogP contribution is -2.41. The number of oxime groups is 1. The van der Waals surface area contributed by atoms with Crippen LogP contribution in [0, 0.1) is 0 Å². The van der Waals surface area contributed by atoms with E-state index in [4.69, 9.17) is 15.1 Å². The molecule has 1 aromatic rings. The minimum atomic E-state index is -0.924. The number of nitrogens with zero attached hydrogens (tertiary/aromatic N) is 2. The molecular weight excluding hydrogens is 236 g/mol. The third-order valence-corrected chi connectivity index (χ3v) is 2.85. The summed E-state index contributed by atoms with van der Waals surface area (Å²) in [6.07, 6.45) is 0.164. The Bertz CT molecular complexity index is 444. The molecule has 1 aliphatic rings. The van der Waals surface area contributed by atoms with Gasteiger partial charge in [0.15, 0.2) is 0 Å². The summed E-state index contributed by atoms with van der Waals surface area (Å²) in [5, 5.41) is 20.3. The SMILES string of the molecule is O=C(O)N1CCOC(c2ccc(C=NO)cc2)C1. The number of benzene rings is 1. The maximum atomic E-state index is 10.9. The molecule has 1 atom stereocenters. The molecule has 1 amide bonds. The van der Waals surface area contributed by atoms with Gasteiger partial charge in [-0.25, -0.2) is 4.79 Å². The molecule has 1 heterocycles. The molecule has 1 fully saturated rings. The first-order chi connectivity index (χ1) is 8.70. The van der Waals surface area contributed by atoms with Crippen LogP contribution in [0.3, 0.4) is 0 Å². The number of carbonyl (C=O) groups is 1. The molecule has 0 spiro atoms. The Balaban J connectivity index is 2.08. The molecule has 0 bridgehead atoms. The van der Waals surface area contributed by atoms with Crippen molar-refractivity contribution in [3.8, 4) is 0 Å². The molecule has 1 saturated heterocycles. The van der Waals surface area contributed by atoms with E-state index in [-0.39, 0.29) is 6.10 Å². The molecule has 2 rings (SSSR count). The Morgan fingerprint density at radius 3 is 2.78 bits per heavy atom. The highest BCUT2D eigenvalue weighted by atomic mass is 16.5. The second-order valence-electron chi connectivity index (χ2n) is 4.00. The van der Waals surface area contributed by atoms with Gasteiger partial charge in [0.1, 0.15) is 6.10 Å². The van der Waals surface area contributed by atoms with Gasteiger partial charge in [-0.15, -0.1) is 0 Å². The van der Waals surface area contributed by atoms with Gasteiger partial charge in [0.25, 0.3) is 0 Å². The molecule has 0 aliphatic carbocycles. The number of amides is 1. The summed E-state index contributed by atoms with van der Waals surface area (Å²) in [5.41, 5.74) is 1.68. The van der Waals surface area contributed by atoms with Crippen molar-refractivity contribution in [3.05, 3.63) is 35.4 Å². The maximum Gasteiger partial charge on any atom is 0.407 e. The fraction of sp³-hybridized carbons (Fsp3) is 0.333. The molecule has 2 N–H and O–H groups in total. The van der Waals surface area contributed by atoms with E-state index in [0.29, 0.717) is 19.7 Å². The number of hydrogen-bond acceptors (Lipinski definition) is 4. The van der Waals surface area contributed by atoms with Crippen molar-refractivity contribution in [2.75, 3.05) is 19.7 Å². The highest BCUT2D eigenvalue weighted by Crippen LogP contribution is 2.22. The molecule has 1 aromatic carbocycles. The van der Waals surface area contributed by atoms with Gasteiger partial charge in [0.05, 0.1) is 19.4 Å². The zero-order valence-electron chi connectivity index (χ0n) is 9.69. The molecule has 1 unspecified atom stereocenters. The number of hydrogen-bond donors (Lipinski definition) is 2. The summed E-state index contributed by atoms with van der Waals surface area (Å²) in [6, 6.07) is 7.26. The first kappa shape index (κ1) is 12.4. The fourth-order valence-electron chi connectivity index (χ4n) is 1.89. The Labute approximate surface area is 104 Å². The number of ether oxygens (including phenoxy) is 1. The van der Waals surface area contributed by atoms with Crippen molar-refractivity contribution in [2.24, 2.45) is 5.16 Å². The molecule has 6 heteroatoms. The summed E-state index contributed by atoms with van der Waals surface area (Å²) in [4.78, 5) is 12.2. The van der Waals surface area contributed by atoms with Crippen LogP contribution < -0.4 is 0 Å². The average molecular weight is 250 g/mol. The van der Waals surface area contributed by atoms with E-state index in [1.165, 1.54) is 11.1 Å². The molecular formula is C12H14N2O4. The number of carboxylic acid groups (broad SMARTS) is 1. The summed E-state index contributed by atoms with van der Waals surface area (Å²) in [7, 11) is 0. The Hall–Kier alpha value is -2.08. The van der Waals surface area contributed by atoms with Crippen LogP contribution in [0.1, 0.15) is 17.2 Å². The van der Waals surface area contributed by atoms with Crippen LogP contribution >= 0.6 is 0 Å². The first-order valence-corrected chi connectivity index (χ1v) is 5.57. The van der Waals surface area contributed by atoms with Crippen molar-refractivity contribution in [1.82, 2.24) is 4.90 Å². The fourth-order valence-corrected chi connectivity index (χ4v) is 1.89. The van der Waals surface area contributed by atoms with Gasteiger partial charge in [-0.3, -0.25) is 0 Å². The van der Waals surface area contributed by atoms with Crippen molar-refractivity contribution >= 4 is 12.3 Å². The largest absolute Gasteiger partial charge is 0.465 e.